The van der Waals surface area contributed by atoms with Crippen molar-refractivity contribution in [2.45, 2.75) is 39.2 Å². The molecule has 0 unspecified atom stereocenters. The number of hydrogen-bond acceptors (Lipinski definition) is 3. The molecule has 104 valence electrons. The van der Waals surface area contributed by atoms with Gasteiger partial charge < -0.3 is 10.2 Å². The van der Waals surface area contributed by atoms with E-state index < -0.39 is 0 Å². The number of hydrogen-bond donors (Lipinski definition) is 1. The number of piperidine rings is 1. The van der Waals surface area contributed by atoms with Crippen LogP contribution in [0.3, 0.4) is 0 Å². The highest BCUT2D eigenvalue weighted by molar-refractivity contribution is 5.76. The molecule has 0 aromatic heterocycles. The fraction of sp³-hybridized carbons (Fsp3) is 0.929. The summed E-state index contributed by atoms with van der Waals surface area (Å²) in [6.45, 7) is 10.7. The molecule has 18 heavy (non-hydrogen) atoms. The van der Waals surface area contributed by atoms with Crippen LogP contribution in [0, 0.1) is 5.92 Å². The first kappa shape index (κ1) is 13.8. The second kappa shape index (κ2) is 6.53. The van der Waals surface area contributed by atoms with Crippen LogP contribution in [0.2, 0.25) is 0 Å². The zero-order chi connectivity index (χ0) is 13.0. The minimum Gasteiger partial charge on any atom is -0.343 e. The predicted octanol–water partition coefficient (Wildman–Crippen LogP) is 0.929. The van der Waals surface area contributed by atoms with Gasteiger partial charge in [0, 0.05) is 51.7 Å². The van der Waals surface area contributed by atoms with Crippen LogP contribution in [0.4, 0.5) is 0 Å². The summed E-state index contributed by atoms with van der Waals surface area (Å²) in [6.07, 6.45) is 3.02. The van der Waals surface area contributed by atoms with E-state index in [-0.39, 0.29) is 0 Å². The molecular formula is C14H27N3O. The molecule has 0 aliphatic carbocycles. The first-order valence-corrected chi connectivity index (χ1v) is 7.39. The number of carbonyl (C=O) groups excluding carboxylic acids is 1. The van der Waals surface area contributed by atoms with Gasteiger partial charge in [0.2, 0.25) is 5.91 Å². The van der Waals surface area contributed by atoms with Crippen LogP contribution in [0.15, 0.2) is 0 Å². The lowest BCUT2D eigenvalue weighted by atomic mass is 10.0. The Morgan fingerprint density at radius 3 is 2.33 bits per heavy atom. The lowest BCUT2D eigenvalue weighted by Gasteiger charge is -2.40. The topological polar surface area (TPSA) is 35.6 Å². The molecule has 2 rings (SSSR count). The Bertz CT molecular complexity index is 266. The van der Waals surface area contributed by atoms with Gasteiger partial charge in [-0.1, -0.05) is 13.8 Å². The molecule has 2 aliphatic heterocycles. The van der Waals surface area contributed by atoms with Gasteiger partial charge in [-0.25, -0.2) is 0 Å². The first-order chi connectivity index (χ1) is 8.66. The molecule has 1 N–H and O–H groups in total. The summed E-state index contributed by atoms with van der Waals surface area (Å²) in [7, 11) is 0. The van der Waals surface area contributed by atoms with Gasteiger partial charge in [-0.05, 0) is 18.8 Å². The third-order valence-electron chi connectivity index (χ3n) is 4.07. The lowest BCUT2D eigenvalue weighted by Crippen LogP contribution is -2.52. The van der Waals surface area contributed by atoms with Gasteiger partial charge in [-0.15, -0.1) is 0 Å². The zero-order valence-corrected chi connectivity index (χ0v) is 11.8. The van der Waals surface area contributed by atoms with Crippen LogP contribution in [-0.4, -0.2) is 61.0 Å². The largest absolute Gasteiger partial charge is 0.343 e. The third kappa shape index (κ3) is 3.69. The first-order valence-electron chi connectivity index (χ1n) is 7.39. The van der Waals surface area contributed by atoms with Crippen molar-refractivity contribution < 1.29 is 4.79 Å². The fourth-order valence-electron chi connectivity index (χ4n) is 3.01. The van der Waals surface area contributed by atoms with Crippen LogP contribution >= 0.6 is 0 Å². The summed E-state index contributed by atoms with van der Waals surface area (Å²) in [5.41, 5.74) is 0. The third-order valence-corrected chi connectivity index (χ3v) is 4.07. The smallest absolute Gasteiger partial charge is 0.222 e. The number of nitrogens with zero attached hydrogens (tertiary/aromatic N) is 2. The van der Waals surface area contributed by atoms with E-state index >= 15 is 0 Å². The predicted molar refractivity (Wildman–Crippen MR) is 73.5 cm³/mol. The molecule has 0 aromatic rings. The molecule has 0 spiro atoms. The Morgan fingerprint density at radius 2 is 1.78 bits per heavy atom. The highest BCUT2D eigenvalue weighted by Crippen LogP contribution is 2.18. The van der Waals surface area contributed by atoms with Crippen LogP contribution < -0.4 is 5.32 Å². The fourth-order valence-corrected chi connectivity index (χ4v) is 3.01. The van der Waals surface area contributed by atoms with Gasteiger partial charge in [0.1, 0.15) is 0 Å². The quantitative estimate of drug-likeness (QED) is 0.813. The minimum atomic E-state index is 0.351. The second-order valence-corrected chi connectivity index (χ2v) is 6.00. The number of carbonyl (C=O) groups is 1. The molecule has 2 fully saturated rings. The van der Waals surface area contributed by atoms with Gasteiger partial charge in [0.15, 0.2) is 0 Å². The van der Waals surface area contributed by atoms with Crippen molar-refractivity contribution >= 4 is 5.91 Å². The summed E-state index contributed by atoms with van der Waals surface area (Å²) < 4.78 is 0. The van der Waals surface area contributed by atoms with Crippen LogP contribution in [0.25, 0.3) is 0 Å². The van der Waals surface area contributed by atoms with Crippen molar-refractivity contribution in [3.8, 4) is 0 Å². The van der Waals surface area contributed by atoms with Crippen molar-refractivity contribution in [3.05, 3.63) is 0 Å². The molecule has 2 heterocycles. The highest BCUT2D eigenvalue weighted by atomic mass is 16.2. The normalized spacial score (nSPS) is 23.6. The molecule has 0 bridgehead atoms. The van der Waals surface area contributed by atoms with E-state index in [0.29, 0.717) is 24.3 Å². The molecule has 0 saturated carbocycles. The van der Waals surface area contributed by atoms with Crippen molar-refractivity contribution in [2.75, 3.05) is 39.3 Å². The van der Waals surface area contributed by atoms with E-state index in [1.54, 1.807) is 0 Å². The van der Waals surface area contributed by atoms with Crippen LogP contribution in [-0.2, 0) is 4.79 Å². The SMILES string of the molecule is CC(C)CC(=O)N1CCC(N2CCNCC2)CC1. The molecule has 0 aromatic carbocycles. The average Bonchev–Trinajstić information content (AvgIpc) is 2.39. The summed E-state index contributed by atoms with van der Waals surface area (Å²) in [5, 5.41) is 3.40. The maximum absolute atomic E-state index is 12.0. The Hall–Kier alpha value is -0.610. The number of nitrogens with one attached hydrogen (secondary N) is 1. The number of likely N-dealkylation sites (tertiary alicyclic amines) is 1. The molecular weight excluding hydrogens is 226 g/mol. The molecule has 1 amide bonds. The summed E-state index contributed by atoms with van der Waals surface area (Å²) >= 11 is 0. The summed E-state index contributed by atoms with van der Waals surface area (Å²) in [5.74, 6) is 0.826. The summed E-state index contributed by atoms with van der Waals surface area (Å²) in [6, 6.07) is 0.704. The van der Waals surface area contributed by atoms with E-state index in [4.69, 9.17) is 0 Å². The minimum absolute atomic E-state index is 0.351. The average molecular weight is 253 g/mol. The van der Waals surface area contributed by atoms with Gasteiger partial charge in [0.25, 0.3) is 0 Å². The Balaban J connectivity index is 1.75. The Morgan fingerprint density at radius 1 is 1.17 bits per heavy atom. The van der Waals surface area contributed by atoms with E-state index in [1.807, 2.05) is 0 Å². The summed E-state index contributed by atoms with van der Waals surface area (Å²) in [4.78, 5) is 16.7. The number of piperazine rings is 1. The van der Waals surface area contributed by atoms with E-state index in [9.17, 15) is 4.79 Å². The van der Waals surface area contributed by atoms with Gasteiger partial charge in [0.05, 0.1) is 0 Å². The van der Waals surface area contributed by atoms with Crippen LogP contribution in [0.1, 0.15) is 33.1 Å². The van der Waals surface area contributed by atoms with Crippen LogP contribution in [0.5, 0.6) is 0 Å². The van der Waals surface area contributed by atoms with Crippen molar-refractivity contribution in [2.24, 2.45) is 5.92 Å². The molecule has 4 heteroatoms. The number of amides is 1. The van der Waals surface area contributed by atoms with Crippen molar-refractivity contribution in [1.29, 1.82) is 0 Å². The lowest BCUT2D eigenvalue weighted by molar-refractivity contribution is -0.133. The van der Waals surface area contributed by atoms with E-state index in [0.717, 1.165) is 39.0 Å². The van der Waals surface area contributed by atoms with Crippen molar-refractivity contribution in [3.63, 3.8) is 0 Å². The Labute approximate surface area is 111 Å². The monoisotopic (exact) mass is 253 g/mol. The van der Waals surface area contributed by atoms with Crippen molar-refractivity contribution in [1.82, 2.24) is 15.1 Å². The van der Waals surface area contributed by atoms with Gasteiger partial charge >= 0.3 is 0 Å². The molecule has 0 atom stereocenters. The van der Waals surface area contributed by atoms with Gasteiger partial charge in [-0.2, -0.15) is 0 Å². The second-order valence-electron chi connectivity index (χ2n) is 6.00. The number of rotatable bonds is 3. The zero-order valence-electron chi connectivity index (χ0n) is 11.8. The molecule has 0 radical (unpaired) electrons. The highest BCUT2D eigenvalue weighted by Gasteiger charge is 2.27. The molecule has 2 saturated heterocycles. The maximum atomic E-state index is 12.0. The maximum Gasteiger partial charge on any atom is 0.222 e. The Kier molecular flexibility index (Phi) is 5.01. The standard InChI is InChI=1S/C14H27N3O/c1-12(2)11-14(18)17-7-3-13(4-8-17)16-9-5-15-6-10-16/h12-13,15H,3-11H2,1-2H3. The van der Waals surface area contributed by atoms with Gasteiger partial charge in [-0.3, -0.25) is 9.69 Å². The van der Waals surface area contributed by atoms with E-state index in [2.05, 4.69) is 29.0 Å². The molecule has 4 nitrogen and oxygen atoms in total. The molecule has 2 aliphatic rings. The van der Waals surface area contributed by atoms with E-state index in [1.165, 1.54) is 13.1 Å².